The molecular formula is C13H16O4. The number of rotatable bonds is 7. The van der Waals surface area contributed by atoms with E-state index in [0.717, 1.165) is 31.6 Å². The fourth-order valence-electron chi connectivity index (χ4n) is 1.59. The predicted octanol–water partition coefficient (Wildman–Crippen LogP) is 2.33. The summed E-state index contributed by atoms with van der Waals surface area (Å²) in [4.78, 5) is 10.6. The summed E-state index contributed by atoms with van der Waals surface area (Å²) in [5.74, 6) is -0.196. The number of benzene rings is 1. The molecule has 1 aromatic carbocycles. The Bertz CT molecular complexity index is 368. The average Bonchev–Trinajstić information content (AvgIpc) is 3.13. The van der Waals surface area contributed by atoms with E-state index in [-0.39, 0.29) is 5.56 Å². The number of hydrogen-bond donors (Lipinski definition) is 1. The largest absolute Gasteiger partial charge is 0.494 e. The lowest BCUT2D eigenvalue weighted by atomic mass is 10.2. The van der Waals surface area contributed by atoms with Gasteiger partial charge in [0.2, 0.25) is 0 Å². The lowest BCUT2D eigenvalue weighted by Crippen LogP contribution is -1.99. The maximum absolute atomic E-state index is 10.6. The highest BCUT2D eigenvalue weighted by Crippen LogP contribution is 2.17. The maximum atomic E-state index is 10.6. The number of carboxylic acids is 1. The second-order valence-corrected chi connectivity index (χ2v) is 4.13. The second kappa shape index (κ2) is 5.68. The minimum atomic E-state index is -0.916. The van der Waals surface area contributed by atoms with Gasteiger partial charge in [0, 0.05) is 0 Å². The number of epoxide rings is 1. The zero-order valence-corrected chi connectivity index (χ0v) is 9.59. The van der Waals surface area contributed by atoms with Gasteiger partial charge in [-0.15, -0.1) is 0 Å². The first-order chi connectivity index (χ1) is 8.25. The minimum absolute atomic E-state index is 0.281. The molecule has 4 nitrogen and oxygen atoms in total. The highest BCUT2D eigenvalue weighted by Gasteiger charge is 2.20. The Morgan fingerprint density at radius 1 is 1.35 bits per heavy atom. The van der Waals surface area contributed by atoms with E-state index in [1.54, 1.807) is 24.3 Å². The minimum Gasteiger partial charge on any atom is -0.494 e. The number of hydrogen-bond acceptors (Lipinski definition) is 3. The van der Waals surface area contributed by atoms with Crippen LogP contribution in [0.15, 0.2) is 24.3 Å². The van der Waals surface area contributed by atoms with Crippen LogP contribution < -0.4 is 4.74 Å². The molecule has 0 radical (unpaired) electrons. The first-order valence-electron chi connectivity index (χ1n) is 5.83. The van der Waals surface area contributed by atoms with E-state index in [0.29, 0.717) is 12.7 Å². The summed E-state index contributed by atoms with van der Waals surface area (Å²) in [5, 5.41) is 8.73. The molecular weight excluding hydrogens is 220 g/mol. The molecule has 0 amide bonds. The number of unbranched alkanes of at least 4 members (excludes halogenated alkanes) is 1. The highest BCUT2D eigenvalue weighted by atomic mass is 16.6. The topological polar surface area (TPSA) is 59.1 Å². The van der Waals surface area contributed by atoms with Crippen molar-refractivity contribution in [1.82, 2.24) is 0 Å². The van der Waals surface area contributed by atoms with Gasteiger partial charge >= 0.3 is 5.97 Å². The third-order valence-corrected chi connectivity index (χ3v) is 2.69. The van der Waals surface area contributed by atoms with Crippen LogP contribution >= 0.6 is 0 Å². The van der Waals surface area contributed by atoms with Crippen molar-refractivity contribution in [2.45, 2.75) is 25.4 Å². The van der Waals surface area contributed by atoms with E-state index >= 15 is 0 Å². The van der Waals surface area contributed by atoms with E-state index in [4.69, 9.17) is 14.6 Å². The molecule has 0 spiro atoms. The molecule has 1 atom stereocenters. The molecule has 4 heteroatoms. The zero-order valence-electron chi connectivity index (χ0n) is 9.59. The smallest absolute Gasteiger partial charge is 0.335 e. The predicted molar refractivity (Wildman–Crippen MR) is 62.5 cm³/mol. The van der Waals surface area contributed by atoms with Crippen molar-refractivity contribution in [1.29, 1.82) is 0 Å². The van der Waals surface area contributed by atoms with Gasteiger partial charge < -0.3 is 14.6 Å². The van der Waals surface area contributed by atoms with Gasteiger partial charge in [-0.1, -0.05) is 0 Å². The Hall–Kier alpha value is -1.55. The first-order valence-corrected chi connectivity index (χ1v) is 5.83. The summed E-state index contributed by atoms with van der Waals surface area (Å²) < 4.78 is 10.6. The summed E-state index contributed by atoms with van der Waals surface area (Å²) in [6.45, 7) is 1.58. The van der Waals surface area contributed by atoms with Crippen LogP contribution in [0.5, 0.6) is 5.75 Å². The van der Waals surface area contributed by atoms with Gasteiger partial charge in [-0.2, -0.15) is 0 Å². The van der Waals surface area contributed by atoms with Crippen molar-refractivity contribution < 1.29 is 19.4 Å². The molecule has 1 aliphatic rings. The molecule has 1 fully saturated rings. The molecule has 1 aliphatic heterocycles. The fraction of sp³-hybridized carbons (Fsp3) is 0.462. The van der Waals surface area contributed by atoms with Gasteiger partial charge in [-0.3, -0.25) is 0 Å². The van der Waals surface area contributed by atoms with E-state index in [1.807, 2.05) is 0 Å². The summed E-state index contributed by atoms with van der Waals surface area (Å²) in [7, 11) is 0. The molecule has 0 saturated carbocycles. The molecule has 0 aliphatic carbocycles. The van der Waals surface area contributed by atoms with Crippen molar-refractivity contribution in [3.05, 3.63) is 29.8 Å². The summed E-state index contributed by atoms with van der Waals surface area (Å²) in [6, 6.07) is 6.48. The van der Waals surface area contributed by atoms with Crippen LogP contribution in [0, 0.1) is 0 Å². The van der Waals surface area contributed by atoms with Gasteiger partial charge in [-0.05, 0) is 43.5 Å². The second-order valence-electron chi connectivity index (χ2n) is 4.13. The zero-order chi connectivity index (χ0) is 12.1. The number of aromatic carboxylic acids is 1. The van der Waals surface area contributed by atoms with Crippen LogP contribution in [0.1, 0.15) is 29.6 Å². The van der Waals surface area contributed by atoms with Crippen LogP contribution in [0.4, 0.5) is 0 Å². The van der Waals surface area contributed by atoms with Gasteiger partial charge in [0.1, 0.15) is 5.75 Å². The van der Waals surface area contributed by atoms with E-state index in [2.05, 4.69) is 0 Å². The first kappa shape index (κ1) is 11.9. The molecule has 1 aromatic rings. The Morgan fingerprint density at radius 2 is 2.06 bits per heavy atom. The van der Waals surface area contributed by atoms with Crippen LogP contribution in [-0.2, 0) is 4.74 Å². The molecule has 92 valence electrons. The standard InChI is InChI=1S/C13H16O4/c14-13(15)10-4-6-11(7-5-10)16-8-2-1-3-12-9-17-12/h4-7,12H,1-3,8-9H2,(H,14,15). The van der Waals surface area contributed by atoms with E-state index < -0.39 is 5.97 Å². The van der Waals surface area contributed by atoms with Crippen molar-refractivity contribution >= 4 is 5.97 Å². The number of carbonyl (C=O) groups is 1. The Kier molecular flexibility index (Phi) is 3.98. The highest BCUT2D eigenvalue weighted by molar-refractivity contribution is 5.87. The Balaban J connectivity index is 1.65. The van der Waals surface area contributed by atoms with Crippen LogP contribution in [0.3, 0.4) is 0 Å². The Morgan fingerprint density at radius 3 is 2.65 bits per heavy atom. The molecule has 0 aromatic heterocycles. The third-order valence-electron chi connectivity index (χ3n) is 2.69. The SMILES string of the molecule is O=C(O)c1ccc(OCCCCC2CO2)cc1. The molecule has 1 N–H and O–H groups in total. The van der Waals surface area contributed by atoms with Gasteiger partial charge in [0.25, 0.3) is 0 Å². The van der Waals surface area contributed by atoms with E-state index in [9.17, 15) is 4.79 Å². The monoisotopic (exact) mass is 236 g/mol. The lowest BCUT2D eigenvalue weighted by molar-refractivity contribution is 0.0697. The quantitative estimate of drug-likeness (QED) is 0.583. The summed E-state index contributed by atoms with van der Waals surface area (Å²) >= 11 is 0. The summed E-state index contributed by atoms with van der Waals surface area (Å²) in [6.07, 6.45) is 3.71. The van der Waals surface area contributed by atoms with Crippen molar-refractivity contribution in [2.24, 2.45) is 0 Å². The van der Waals surface area contributed by atoms with Crippen LogP contribution in [0.25, 0.3) is 0 Å². The molecule has 1 saturated heterocycles. The van der Waals surface area contributed by atoms with E-state index in [1.165, 1.54) is 0 Å². The van der Waals surface area contributed by atoms with Crippen molar-refractivity contribution in [3.8, 4) is 5.75 Å². The van der Waals surface area contributed by atoms with Crippen LogP contribution in [-0.4, -0.2) is 30.4 Å². The van der Waals surface area contributed by atoms with Gasteiger partial charge in [0.15, 0.2) is 0 Å². The number of carboxylic acid groups (broad SMARTS) is 1. The molecule has 2 rings (SSSR count). The molecule has 0 bridgehead atoms. The van der Waals surface area contributed by atoms with Crippen molar-refractivity contribution in [3.63, 3.8) is 0 Å². The average molecular weight is 236 g/mol. The van der Waals surface area contributed by atoms with Gasteiger partial charge in [0.05, 0.1) is 24.9 Å². The van der Waals surface area contributed by atoms with Crippen LogP contribution in [0.2, 0.25) is 0 Å². The van der Waals surface area contributed by atoms with Gasteiger partial charge in [-0.25, -0.2) is 4.79 Å². The third kappa shape index (κ3) is 4.07. The fourth-order valence-corrected chi connectivity index (χ4v) is 1.59. The molecule has 17 heavy (non-hydrogen) atoms. The summed E-state index contributed by atoms with van der Waals surface area (Å²) in [5.41, 5.74) is 0.281. The molecule has 1 unspecified atom stereocenters. The lowest BCUT2D eigenvalue weighted by Gasteiger charge is -2.05. The molecule has 1 heterocycles. The maximum Gasteiger partial charge on any atom is 0.335 e. The Labute approximate surface area is 100 Å². The van der Waals surface area contributed by atoms with Crippen molar-refractivity contribution in [2.75, 3.05) is 13.2 Å². The number of ether oxygens (including phenoxy) is 2. The normalized spacial score (nSPS) is 17.8.